The normalized spacial score (nSPS) is 10.6. The molecular formula is C19H19NO6. The van der Waals surface area contributed by atoms with Crippen LogP contribution in [-0.2, 0) is 14.3 Å². The van der Waals surface area contributed by atoms with E-state index in [0.29, 0.717) is 28.3 Å². The third-order valence-corrected chi connectivity index (χ3v) is 3.66. The predicted octanol–water partition coefficient (Wildman–Crippen LogP) is 3.12. The summed E-state index contributed by atoms with van der Waals surface area (Å²) in [5, 5.41) is 2.69. The Balaban J connectivity index is 2.13. The summed E-state index contributed by atoms with van der Waals surface area (Å²) in [6, 6.07) is 6.37. The van der Waals surface area contributed by atoms with Gasteiger partial charge in [0.05, 0.1) is 19.8 Å². The standard InChI is InChI=1S/C19H19NO6/c1-11-5-6-13(18(22)24-3)9-16(11)20-17(21)8-7-14-10-15(12(2)26-14)19(23)25-4/h5-10H,1-4H3,(H,20,21). The number of hydrogen-bond donors (Lipinski definition) is 1. The van der Waals surface area contributed by atoms with E-state index in [2.05, 4.69) is 14.8 Å². The van der Waals surface area contributed by atoms with Gasteiger partial charge in [-0.25, -0.2) is 9.59 Å². The van der Waals surface area contributed by atoms with Crippen molar-refractivity contribution in [1.29, 1.82) is 0 Å². The van der Waals surface area contributed by atoms with Crippen LogP contribution in [0.25, 0.3) is 6.08 Å². The Morgan fingerprint density at radius 1 is 1.04 bits per heavy atom. The monoisotopic (exact) mass is 357 g/mol. The van der Waals surface area contributed by atoms with E-state index in [-0.39, 0.29) is 0 Å². The van der Waals surface area contributed by atoms with Gasteiger partial charge in [0.25, 0.3) is 0 Å². The number of rotatable bonds is 5. The first-order valence-corrected chi connectivity index (χ1v) is 7.72. The van der Waals surface area contributed by atoms with E-state index in [1.165, 1.54) is 32.4 Å². The number of anilines is 1. The Hall–Kier alpha value is -3.35. The summed E-state index contributed by atoms with van der Waals surface area (Å²) in [6.07, 6.45) is 2.71. The van der Waals surface area contributed by atoms with Crippen molar-refractivity contribution in [2.75, 3.05) is 19.5 Å². The van der Waals surface area contributed by atoms with E-state index < -0.39 is 17.8 Å². The molecule has 1 heterocycles. The van der Waals surface area contributed by atoms with E-state index in [9.17, 15) is 14.4 Å². The average molecular weight is 357 g/mol. The number of aryl methyl sites for hydroxylation is 2. The fourth-order valence-corrected chi connectivity index (χ4v) is 2.23. The van der Waals surface area contributed by atoms with E-state index in [1.807, 2.05) is 0 Å². The minimum absolute atomic E-state index is 0.300. The van der Waals surface area contributed by atoms with Crippen LogP contribution in [0.3, 0.4) is 0 Å². The molecule has 0 bridgehead atoms. The van der Waals surface area contributed by atoms with Gasteiger partial charge in [0.1, 0.15) is 17.1 Å². The Morgan fingerprint density at radius 2 is 1.73 bits per heavy atom. The maximum absolute atomic E-state index is 12.1. The molecule has 0 fully saturated rings. The zero-order chi connectivity index (χ0) is 19.3. The van der Waals surface area contributed by atoms with Gasteiger partial charge in [-0.2, -0.15) is 0 Å². The minimum Gasteiger partial charge on any atom is -0.465 e. The van der Waals surface area contributed by atoms with Gasteiger partial charge in [0, 0.05) is 11.8 Å². The van der Waals surface area contributed by atoms with E-state index >= 15 is 0 Å². The van der Waals surface area contributed by atoms with Gasteiger partial charge in [-0.05, 0) is 43.7 Å². The molecule has 0 atom stereocenters. The largest absolute Gasteiger partial charge is 0.465 e. The van der Waals surface area contributed by atoms with Crippen molar-refractivity contribution in [2.45, 2.75) is 13.8 Å². The Kier molecular flexibility index (Phi) is 5.95. The number of carbonyl (C=O) groups is 3. The van der Waals surface area contributed by atoms with Crippen LogP contribution in [0.15, 0.2) is 34.8 Å². The number of carbonyl (C=O) groups excluding carboxylic acids is 3. The SMILES string of the molecule is COC(=O)c1ccc(C)c(NC(=O)C=Cc2cc(C(=O)OC)c(C)o2)c1. The number of ether oxygens (including phenoxy) is 2. The molecular weight excluding hydrogens is 338 g/mol. The maximum Gasteiger partial charge on any atom is 0.341 e. The topological polar surface area (TPSA) is 94.8 Å². The smallest absolute Gasteiger partial charge is 0.341 e. The van der Waals surface area contributed by atoms with Crippen LogP contribution in [0.4, 0.5) is 5.69 Å². The van der Waals surface area contributed by atoms with Crippen LogP contribution < -0.4 is 5.32 Å². The Bertz CT molecular complexity index is 878. The van der Waals surface area contributed by atoms with Crippen LogP contribution in [0.5, 0.6) is 0 Å². The second-order valence-corrected chi connectivity index (χ2v) is 5.45. The van der Waals surface area contributed by atoms with Crippen LogP contribution in [-0.4, -0.2) is 32.1 Å². The first-order valence-electron chi connectivity index (χ1n) is 7.72. The molecule has 1 N–H and O–H groups in total. The third kappa shape index (κ3) is 4.38. The zero-order valence-corrected chi connectivity index (χ0v) is 14.9. The molecule has 0 aliphatic carbocycles. The second kappa shape index (κ2) is 8.15. The summed E-state index contributed by atoms with van der Waals surface area (Å²) in [4.78, 5) is 35.3. The summed E-state index contributed by atoms with van der Waals surface area (Å²) < 4.78 is 14.7. The number of hydrogen-bond acceptors (Lipinski definition) is 6. The molecule has 7 heteroatoms. The summed E-state index contributed by atoms with van der Waals surface area (Å²) in [6.45, 7) is 3.43. The zero-order valence-electron chi connectivity index (χ0n) is 14.9. The Morgan fingerprint density at radius 3 is 2.38 bits per heavy atom. The summed E-state index contributed by atoms with van der Waals surface area (Å²) in [7, 11) is 2.57. The molecule has 7 nitrogen and oxygen atoms in total. The summed E-state index contributed by atoms with van der Waals surface area (Å²) >= 11 is 0. The molecule has 0 saturated heterocycles. The van der Waals surface area contributed by atoms with Gasteiger partial charge in [-0.1, -0.05) is 6.07 Å². The number of nitrogens with one attached hydrogen (secondary N) is 1. The molecule has 0 aliphatic rings. The molecule has 136 valence electrons. The number of amides is 1. The number of furan rings is 1. The fraction of sp³-hybridized carbons (Fsp3) is 0.211. The average Bonchev–Trinajstić information content (AvgIpc) is 3.01. The van der Waals surface area contributed by atoms with Gasteiger partial charge in [-0.3, -0.25) is 4.79 Å². The minimum atomic E-state index is -0.509. The lowest BCUT2D eigenvalue weighted by Gasteiger charge is -2.08. The Labute approximate surface area is 150 Å². The maximum atomic E-state index is 12.1. The summed E-state index contributed by atoms with van der Waals surface area (Å²) in [5.41, 5.74) is 1.92. The number of esters is 2. The van der Waals surface area contributed by atoms with Gasteiger partial charge in [0.15, 0.2) is 0 Å². The fourth-order valence-electron chi connectivity index (χ4n) is 2.23. The molecule has 2 aromatic rings. The first kappa shape index (κ1) is 19.0. The van der Waals surface area contributed by atoms with Crippen molar-refractivity contribution in [3.8, 4) is 0 Å². The summed E-state index contributed by atoms with van der Waals surface area (Å²) in [5.74, 6) is -0.663. The van der Waals surface area contributed by atoms with Crippen molar-refractivity contribution in [2.24, 2.45) is 0 Å². The highest BCUT2D eigenvalue weighted by Crippen LogP contribution is 2.19. The molecule has 1 aromatic carbocycles. The highest BCUT2D eigenvalue weighted by atomic mass is 16.5. The lowest BCUT2D eigenvalue weighted by molar-refractivity contribution is -0.111. The molecule has 0 spiro atoms. The van der Waals surface area contributed by atoms with Crippen molar-refractivity contribution in [1.82, 2.24) is 0 Å². The lowest BCUT2D eigenvalue weighted by atomic mass is 10.1. The lowest BCUT2D eigenvalue weighted by Crippen LogP contribution is -2.10. The van der Waals surface area contributed by atoms with Gasteiger partial charge in [-0.15, -0.1) is 0 Å². The van der Waals surface area contributed by atoms with Crippen LogP contribution in [0.2, 0.25) is 0 Å². The van der Waals surface area contributed by atoms with E-state index in [4.69, 9.17) is 4.42 Å². The molecule has 26 heavy (non-hydrogen) atoms. The van der Waals surface area contributed by atoms with Crippen LogP contribution in [0.1, 0.15) is 37.8 Å². The molecule has 0 unspecified atom stereocenters. The van der Waals surface area contributed by atoms with Gasteiger partial charge >= 0.3 is 11.9 Å². The predicted molar refractivity (Wildman–Crippen MR) is 95.0 cm³/mol. The highest BCUT2D eigenvalue weighted by molar-refractivity contribution is 6.03. The molecule has 0 radical (unpaired) electrons. The second-order valence-electron chi connectivity index (χ2n) is 5.45. The molecule has 0 saturated carbocycles. The highest BCUT2D eigenvalue weighted by Gasteiger charge is 2.14. The quantitative estimate of drug-likeness (QED) is 0.652. The van der Waals surface area contributed by atoms with Crippen LogP contribution >= 0.6 is 0 Å². The van der Waals surface area contributed by atoms with E-state index in [0.717, 1.165) is 5.56 Å². The number of benzene rings is 1. The van der Waals surface area contributed by atoms with Crippen molar-refractivity contribution >= 4 is 29.6 Å². The molecule has 0 aliphatic heterocycles. The third-order valence-electron chi connectivity index (χ3n) is 3.66. The number of methoxy groups -OCH3 is 2. The van der Waals surface area contributed by atoms with Crippen molar-refractivity contribution in [3.05, 3.63) is 58.6 Å². The molecule has 1 amide bonds. The van der Waals surface area contributed by atoms with Crippen molar-refractivity contribution in [3.63, 3.8) is 0 Å². The first-order chi connectivity index (χ1) is 12.3. The van der Waals surface area contributed by atoms with Crippen LogP contribution in [0, 0.1) is 13.8 Å². The van der Waals surface area contributed by atoms with Gasteiger partial charge < -0.3 is 19.2 Å². The molecule has 1 aromatic heterocycles. The van der Waals surface area contributed by atoms with Crippen molar-refractivity contribution < 1.29 is 28.3 Å². The van der Waals surface area contributed by atoms with Gasteiger partial charge in [0.2, 0.25) is 5.91 Å². The van der Waals surface area contributed by atoms with E-state index in [1.54, 1.807) is 32.0 Å². The molecule has 2 rings (SSSR count).